The van der Waals surface area contributed by atoms with E-state index in [0.29, 0.717) is 18.2 Å². The van der Waals surface area contributed by atoms with Gasteiger partial charge in [-0.3, -0.25) is 10.1 Å². The van der Waals surface area contributed by atoms with Crippen LogP contribution in [0.2, 0.25) is 0 Å². The van der Waals surface area contributed by atoms with Crippen LogP contribution in [0.25, 0.3) is 0 Å². The molecule has 5 heteroatoms. The molecule has 0 spiro atoms. The van der Waals surface area contributed by atoms with Gasteiger partial charge < -0.3 is 5.32 Å². The summed E-state index contributed by atoms with van der Waals surface area (Å²) in [5, 5.41) is 14.0. The molecule has 0 aliphatic heterocycles. The second kappa shape index (κ2) is 5.52. The molecule has 0 bridgehead atoms. The van der Waals surface area contributed by atoms with Gasteiger partial charge in [-0.15, -0.1) is 0 Å². The number of nitrogens with one attached hydrogen (secondary N) is 1. The van der Waals surface area contributed by atoms with Gasteiger partial charge in [-0.1, -0.05) is 24.3 Å². The van der Waals surface area contributed by atoms with Crippen LogP contribution < -0.4 is 5.32 Å². The van der Waals surface area contributed by atoms with Crippen molar-refractivity contribution in [2.24, 2.45) is 0 Å². The van der Waals surface area contributed by atoms with Crippen molar-refractivity contribution in [3.8, 4) is 0 Å². The predicted molar refractivity (Wildman–Crippen MR) is 78.8 cm³/mol. The molecule has 4 nitrogen and oxygen atoms in total. The van der Waals surface area contributed by atoms with E-state index >= 15 is 0 Å². The number of anilines is 1. The van der Waals surface area contributed by atoms with Crippen LogP contribution in [0.15, 0.2) is 42.5 Å². The molecule has 0 radical (unpaired) electrons. The van der Waals surface area contributed by atoms with Gasteiger partial charge in [0.25, 0.3) is 5.69 Å². The van der Waals surface area contributed by atoms with Crippen molar-refractivity contribution in [1.29, 1.82) is 0 Å². The maximum Gasteiger partial charge on any atom is 0.295 e. The van der Waals surface area contributed by atoms with Crippen LogP contribution in [-0.2, 0) is 6.54 Å². The molecule has 1 saturated carbocycles. The van der Waals surface area contributed by atoms with E-state index in [1.807, 2.05) is 18.2 Å². The lowest BCUT2D eigenvalue weighted by atomic mass is 10.0. The highest BCUT2D eigenvalue weighted by molar-refractivity contribution is 5.61. The second-order valence-electron chi connectivity index (χ2n) is 5.25. The van der Waals surface area contributed by atoms with Gasteiger partial charge in [-0.05, 0) is 42.0 Å². The summed E-state index contributed by atoms with van der Waals surface area (Å²) in [5.41, 5.74) is 2.54. The Labute approximate surface area is 121 Å². The second-order valence-corrected chi connectivity index (χ2v) is 5.25. The molecule has 2 aromatic carbocycles. The third kappa shape index (κ3) is 3.02. The molecule has 1 aliphatic rings. The Kier molecular flexibility index (Phi) is 3.56. The summed E-state index contributed by atoms with van der Waals surface area (Å²) in [6.45, 7) is 0.499. The van der Waals surface area contributed by atoms with Gasteiger partial charge in [-0.25, -0.2) is 4.39 Å². The van der Waals surface area contributed by atoms with Crippen LogP contribution >= 0.6 is 0 Å². The minimum Gasteiger partial charge on any atom is -0.375 e. The molecule has 0 saturated heterocycles. The fraction of sp³-hybridized carbons (Fsp3) is 0.250. The summed E-state index contributed by atoms with van der Waals surface area (Å²) in [7, 11) is 0. The summed E-state index contributed by atoms with van der Waals surface area (Å²) >= 11 is 0. The lowest BCUT2D eigenvalue weighted by Gasteiger charge is -2.11. The van der Waals surface area contributed by atoms with E-state index in [0.717, 1.165) is 11.6 Å². The Morgan fingerprint density at radius 1 is 1.24 bits per heavy atom. The van der Waals surface area contributed by atoms with Gasteiger partial charge >= 0.3 is 0 Å². The van der Waals surface area contributed by atoms with E-state index in [1.165, 1.54) is 30.5 Å². The Balaban J connectivity index is 1.81. The summed E-state index contributed by atoms with van der Waals surface area (Å²) in [4.78, 5) is 10.4. The fourth-order valence-electron chi connectivity index (χ4n) is 2.48. The van der Waals surface area contributed by atoms with E-state index in [2.05, 4.69) is 11.4 Å². The van der Waals surface area contributed by atoms with Crippen molar-refractivity contribution in [3.63, 3.8) is 0 Å². The topological polar surface area (TPSA) is 55.2 Å². The average molecular weight is 286 g/mol. The molecule has 0 heterocycles. The van der Waals surface area contributed by atoms with E-state index in [4.69, 9.17) is 0 Å². The van der Waals surface area contributed by atoms with Crippen molar-refractivity contribution in [2.45, 2.75) is 25.3 Å². The maximum absolute atomic E-state index is 13.1. The molecule has 0 unspecified atom stereocenters. The third-order valence-corrected chi connectivity index (χ3v) is 3.70. The van der Waals surface area contributed by atoms with Crippen molar-refractivity contribution in [1.82, 2.24) is 0 Å². The van der Waals surface area contributed by atoms with E-state index in [-0.39, 0.29) is 5.69 Å². The molecule has 0 amide bonds. The molecule has 1 N–H and O–H groups in total. The minimum absolute atomic E-state index is 0.237. The molecule has 21 heavy (non-hydrogen) atoms. The number of halogens is 1. The molecule has 0 atom stereocenters. The third-order valence-electron chi connectivity index (χ3n) is 3.70. The van der Waals surface area contributed by atoms with Gasteiger partial charge in [-0.2, -0.15) is 0 Å². The van der Waals surface area contributed by atoms with Crippen molar-refractivity contribution < 1.29 is 9.31 Å². The van der Waals surface area contributed by atoms with Crippen LogP contribution in [0.1, 0.15) is 29.9 Å². The largest absolute Gasteiger partial charge is 0.375 e. The van der Waals surface area contributed by atoms with Gasteiger partial charge in [0.05, 0.1) is 11.0 Å². The van der Waals surface area contributed by atoms with Crippen molar-refractivity contribution >= 4 is 11.4 Å². The molecule has 1 aliphatic carbocycles. The van der Waals surface area contributed by atoms with Crippen LogP contribution in [0.5, 0.6) is 0 Å². The summed E-state index contributed by atoms with van der Waals surface area (Å²) in [6.07, 6.45) is 2.40. The molecule has 108 valence electrons. The lowest BCUT2D eigenvalue weighted by Crippen LogP contribution is -2.05. The summed E-state index contributed by atoms with van der Waals surface area (Å²) < 4.78 is 13.1. The van der Waals surface area contributed by atoms with Crippen molar-refractivity contribution in [3.05, 3.63) is 69.5 Å². The first kappa shape index (κ1) is 13.5. The average Bonchev–Trinajstić information content (AvgIpc) is 3.30. The van der Waals surface area contributed by atoms with E-state index in [1.54, 1.807) is 0 Å². The van der Waals surface area contributed by atoms with Crippen LogP contribution in [-0.4, -0.2) is 4.92 Å². The van der Waals surface area contributed by atoms with Crippen LogP contribution in [0, 0.1) is 15.9 Å². The number of benzene rings is 2. The Morgan fingerprint density at radius 2 is 2.00 bits per heavy atom. The first-order chi connectivity index (χ1) is 10.1. The maximum atomic E-state index is 13.1. The normalized spacial score (nSPS) is 14.0. The van der Waals surface area contributed by atoms with Gasteiger partial charge in [0.15, 0.2) is 0 Å². The van der Waals surface area contributed by atoms with Crippen molar-refractivity contribution in [2.75, 3.05) is 5.32 Å². The molecular formula is C16H15FN2O2. The highest BCUT2D eigenvalue weighted by Crippen LogP contribution is 2.41. The SMILES string of the molecule is O=[N+]([O-])c1cc(F)ccc1NCc1ccccc1C1CC1. The van der Waals surface area contributed by atoms with E-state index in [9.17, 15) is 14.5 Å². The molecule has 0 aromatic heterocycles. The zero-order valence-electron chi connectivity index (χ0n) is 11.4. The predicted octanol–water partition coefficient (Wildman–Crippen LogP) is 4.22. The van der Waals surface area contributed by atoms with Gasteiger partial charge in [0.2, 0.25) is 0 Å². The summed E-state index contributed by atoms with van der Waals surface area (Å²) in [5.74, 6) is 0.0110. The number of hydrogen-bond donors (Lipinski definition) is 1. The summed E-state index contributed by atoms with van der Waals surface area (Å²) in [6, 6.07) is 11.7. The fourth-order valence-corrected chi connectivity index (χ4v) is 2.48. The highest BCUT2D eigenvalue weighted by Gasteiger charge is 2.25. The standard InChI is InChI=1S/C16H15FN2O2/c17-13-7-8-15(16(9-13)19(20)21)18-10-12-3-1-2-4-14(12)11-5-6-11/h1-4,7-9,11,18H,5-6,10H2. The smallest absolute Gasteiger partial charge is 0.295 e. The van der Waals surface area contributed by atoms with Crippen LogP contribution in [0.4, 0.5) is 15.8 Å². The van der Waals surface area contributed by atoms with Gasteiger partial charge in [0, 0.05) is 6.54 Å². The van der Waals surface area contributed by atoms with Crippen LogP contribution in [0.3, 0.4) is 0 Å². The molecule has 1 fully saturated rings. The first-order valence-corrected chi connectivity index (χ1v) is 6.91. The quantitative estimate of drug-likeness (QED) is 0.661. The highest BCUT2D eigenvalue weighted by atomic mass is 19.1. The Hall–Kier alpha value is -2.43. The molecule has 3 rings (SSSR count). The number of nitro groups is 1. The Morgan fingerprint density at radius 3 is 2.71 bits per heavy atom. The van der Waals surface area contributed by atoms with Gasteiger partial charge in [0.1, 0.15) is 11.5 Å². The monoisotopic (exact) mass is 286 g/mol. The number of nitrogens with zero attached hydrogens (tertiary/aromatic N) is 1. The number of rotatable bonds is 5. The number of nitro benzene ring substituents is 1. The van der Waals surface area contributed by atoms with E-state index < -0.39 is 10.7 Å². The Bertz CT molecular complexity index is 684. The zero-order chi connectivity index (χ0) is 14.8. The zero-order valence-corrected chi connectivity index (χ0v) is 11.4. The number of hydrogen-bond acceptors (Lipinski definition) is 3. The molecular weight excluding hydrogens is 271 g/mol. The minimum atomic E-state index is -0.606. The lowest BCUT2D eigenvalue weighted by molar-refractivity contribution is -0.384. The molecule has 2 aromatic rings. The first-order valence-electron chi connectivity index (χ1n) is 6.91.